The van der Waals surface area contributed by atoms with Crippen molar-refractivity contribution >= 4 is 33.4 Å². The lowest BCUT2D eigenvalue weighted by molar-refractivity contribution is -0.122. The standard InChI is InChI=1S/C13H17BrClN5O/c1-4-19-11(10(14)5-17-19)6-16-12(21)7-20-9(3)13(15)8(2)18-20/h5H,4,6-7H2,1-3H3,(H,16,21). The third kappa shape index (κ3) is 3.47. The molecule has 2 aromatic heterocycles. The average molecular weight is 375 g/mol. The monoisotopic (exact) mass is 373 g/mol. The third-order valence-corrected chi connectivity index (χ3v) is 4.45. The molecule has 0 aliphatic rings. The fraction of sp³-hybridized carbons (Fsp3) is 0.462. The summed E-state index contributed by atoms with van der Waals surface area (Å²) >= 11 is 9.50. The largest absolute Gasteiger partial charge is 0.349 e. The molecule has 0 aromatic carbocycles. The maximum atomic E-state index is 12.0. The minimum Gasteiger partial charge on any atom is -0.349 e. The molecule has 0 unspecified atom stereocenters. The fourth-order valence-electron chi connectivity index (χ4n) is 2.04. The summed E-state index contributed by atoms with van der Waals surface area (Å²) in [7, 11) is 0. The van der Waals surface area contributed by atoms with E-state index in [0.29, 0.717) is 11.6 Å². The lowest BCUT2D eigenvalue weighted by Crippen LogP contribution is -2.29. The van der Waals surface area contributed by atoms with Gasteiger partial charge in [-0.3, -0.25) is 14.2 Å². The van der Waals surface area contributed by atoms with Gasteiger partial charge in [-0.15, -0.1) is 0 Å². The molecular formula is C13H17BrClN5O. The van der Waals surface area contributed by atoms with Crippen LogP contribution in [0.5, 0.6) is 0 Å². The molecule has 2 aromatic rings. The molecule has 1 amide bonds. The zero-order chi connectivity index (χ0) is 15.6. The SMILES string of the molecule is CCn1ncc(Br)c1CNC(=O)Cn1nc(C)c(Cl)c1C. The summed E-state index contributed by atoms with van der Waals surface area (Å²) in [6.07, 6.45) is 1.73. The molecule has 0 radical (unpaired) electrons. The van der Waals surface area contributed by atoms with Crippen LogP contribution in [0.3, 0.4) is 0 Å². The van der Waals surface area contributed by atoms with Gasteiger partial charge in [0.25, 0.3) is 0 Å². The summed E-state index contributed by atoms with van der Waals surface area (Å²) < 4.78 is 4.34. The number of nitrogens with zero attached hydrogens (tertiary/aromatic N) is 4. The molecule has 21 heavy (non-hydrogen) atoms. The van der Waals surface area contributed by atoms with Gasteiger partial charge in [0.1, 0.15) is 6.54 Å². The fourth-order valence-corrected chi connectivity index (χ4v) is 2.61. The van der Waals surface area contributed by atoms with Gasteiger partial charge in [-0.05, 0) is 36.7 Å². The lowest BCUT2D eigenvalue weighted by atomic mass is 10.4. The zero-order valence-corrected chi connectivity index (χ0v) is 14.5. The lowest BCUT2D eigenvalue weighted by Gasteiger charge is -2.09. The number of rotatable bonds is 5. The second-order valence-corrected chi connectivity index (χ2v) is 5.91. The number of amides is 1. The second-order valence-electron chi connectivity index (χ2n) is 4.67. The van der Waals surface area contributed by atoms with Crippen LogP contribution in [0.15, 0.2) is 10.7 Å². The Morgan fingerprint density at radius 3 is 2.71 bits per heavy atom. The molecule has 2 heterocycles. The van der Waals surface area contributed by atoms with Gasteiger partial charge in [0.15, 0.2) is 0 Å². The van der Waals surface area contributed by atoms with Gasteiger partial charge >= 0.3 is 0 Å². The van der Waals surface area contributed by atoms with Gasteiger partial charge in [-0.2, -0.15) is 10.2 Å². The van der Waals surface area contributed by atoms with Crippen LogP contribution in [0, 0.1) is 13.8 Å². The van der Waals surface area contributed by atoms with Crippen LogP contribution in [-0.2, 0) is 24.4 Å². The predicted octanol–water partition coefficient (Wildman–Crippen LogP) is 2.45. The van der Waals surface area contributed by atoms with Crippen LogP contribution in [0.4, 0.5) is 0 Å². The molecule has 0 aliphatic carbocycles. The first kappa shape index (κ1) is 16.0. The third-order valence-electron chi connectivity index (χ3n) is 3.24. The van der Waals surface area contributed by atoms with Gasteiger partial charge in [0, 0.05) is 6.54 Å². The molecular weight excluding hydrogens is 358 g/mol. The van der Waals surface area contributed by atoms with Crippen LogP contribution in [0.25, 0.3) is 0 Å². The molecule has 0 aliphatic heterocycles. The molecule has 0 saturated carbocycles. The number of hydrogen-bond donors (Lipinski definition) is 1. The van der Waals surface area contributed by atoms with E-state index < -0.39 is 0 Å². The molecule has 0 bridgehead atoms. The van der Waals surface area contributed by atoms with Crippen molar-refractivity contribution in [3.63, 3.8) is 0 Å². The Labute approximate surface area is 136 Å². The van der Waals surface area contributed by atoms with Gasteiger partial charge < -0.3 is 5.32 Å². The predicted molar refractivity (Wildman–Crippen MR) is 84.2 cm³/mol. The minimum absolute atomic E-state index is 0.118. The highest BCUT2D eigenvalue weighted by Crippen LogP contribution is 2.19. The number of carbonyl (C=O) groups excluding carboxylic acids is 1. The van der Waals surface area contributed by atoms with Gasteiger partial charge in [0.05, 0.1) is 39.3 Å². The summed E-state index contributed by atoms with van der Waals surface area (Å²) in [6, 6.07) is 0. The van der Waals surface area contributed by atoms with Gasteiger partial charge in [-0.25, -0.2) is 0 Å². The Hall–Kier alpha value is -1.34. The summed E-state index contributed by atoms with van der Waals surface area (Å²) in [4.78, 5) is 12.0. The minimum atomic E-state index is -0.118. The topological polar surface area (TPSA) is 64.7 Å². The summed E-state index contributed by atoms with van der Waals surface area (Å²) in [6.45, 7) is 6.99. The van der Waals surface area contributed by atoms with E-state index in [1.54, 1.807) is 10.9 Å². The quantitative estimate of drug-likeness (QED) is 0.874. The van der Waals surface area contributed by atoms with E-state index in [9.17, 15) is 4.79 Å². The number of aromatic nitrogens is 4. The highest BCUT2D eigenvalue weighted by Gasteiger charge is 2.13. The second kappa shape index (κ2) is 6.62. The van der Waals surface area contributed by atoms with Crippen molar-refractivity contribution in [1.29, 1.82) is 0 Å². The van der Waals surface area contributed by atoms with Crippen molar-refractivity contribution in [2.45, 2.75) is 40.4 Å². The van der Waals surface area contributed by atoms with Crippen molar-refractivity contribution in [2.75, 3.05) is 0 Å². The van der Waals surface area contributed by atoms with E-state index in [1.165, 1.54) is 0 Å². The molecule has 0 fully saturated rings. The molecule has 0 saturated heterocycles. The normalized spacial score (nSPS) is 10.9. The molecule has 0 spiro atoms. The van der Waals surface area contributed by atoms with Crippen molar-refractivity contribution in [3.8, 4) is 0 Å². The van der Waals surface area contributed by atoms with Crippen LogP contribution in [-0.4, -0.2) is 25.5 Å². The van der Waals surface area contributed by atoms with Crippen LogP contribution in [0.2, 0.25) is 5.02 Å². The van der Waals surface area contributed by atoms with E-state index >= 15 is 0 Å². The van der Waals surface area contributed by atoms with E-state index in [1.807, 2.05) is 25.5 Å². The smallest absolute Gasteiger partial charge is 0.242 e. The van der Waals surface area contributed by atoms with Crippen LogP contribution >= 0.6 is 27.5 Å². The molecule has 2 rings (SSSR count). The first-order valence-corrected chi connectivity index (χ1v) is 7.77. The summed E-state index contributed by atoms with van der Waals surface area (Å²) in [5.41, 5.74) is 2.47. The van der Waals surface area contributed by atoms with Crippen molar-refractivity contribution < 1.29 is 4.79 Å². The van der Waals surface area contributed by atoms with E-state index in [2.05, 4.69) is 31.4 Å². The van der Waals surface area contributed by atoms with E-state index in [-0.39, 0.29) is 12.5 Å². The zero-order valence-electron chi connectivity index (χ0n) is 12.2. The first-order valence-electron chi connectivity index (χ1n) is 6.60. The van der Waals surface area contributed by atoms with Crippen LogP contribution < -0.4 is 5.32 Å². The Morgan fingerprint density at radius 2 is 2.14 bits per heavy atom. The molecule has 114 valence electrons. The molecule has 0 atom stereocenters. The number of hydrogen-bond acceptors (Lipinski definition) is 3. The first-order chi connectivity index (χ1) is 9.93. The Bertz CT molecular complexity index is 664. The number of aryl methyl sites for hydroxylation is 2. The highest BCUT2D eigenvalue weighted by molar-refractivity contribution is 9.10. The highest BCUT2D eigenvalue weighted by atomic mass is 79.9. The molecule has 1 N–H and O–H groups in total. The maximum Gasteiger partial charge on any atom is 0.242 e. The molecule has 8 heteroatoms. The average Bonchev–Trinajstić information content (AvgIpc) is 2.92. The van der Waals surface area contributed by atoms with E-state index in [4.69, 9.17) is 11.6 Å². The van der Waals surface area contributed by atoms with Crippen LogP contribution in [0.1, 0.15) is 24.0 Å². The maximum absolute atomic E-state index is 12.0. The summed E-state index contributed by atoms with van der Waals surface area (Å²) in [5.74, 6) is -0.118. The number of carbonyl (C=O) groups is 1. The summed E-state index contributed by atoms with van der Waals surface area (Å²) in [5, 5.41) is 11.9. The van der Waals surface area contributed by atoms with E-state index in [0.717, 1.165) is 28.1 Å². The Morgan fingerprint density at radius 1 is 1.43 bits per heavy atom. The Balaban J connectivity index is 1.99. The number of halogens is 2. The van der Waals surface area contributed by atoms with Crippen molar-refractivity contribution in [2.24, 2.45) is 0 Å². The Kier molecular flexibility index (Phi) is 5.05. The number of nitrogens with one attached hydrogen (secondary N) is 1. The van der Waals surface area contributed by atoms with Gasteiger partial charge in [0.2, 0.25) is 5.91 Å². The van der Waals surface area contributed by atoms with Crippen molar-refractivity contribution in [3.05, 3.63) is 32.8 Å². The van der Waals surface area contributed by atoms with Gasteiger partial charge in [-0.1, -0.05) is 11.6 Å². The van der Waals surface area contributed by atoms with Crippen molar-refractivity contribution in [1.82, 2.24) is 24.9 Å². The molecule has 6 nitrogen and oxygen atoms in total.